The first kappa shape index (κ1) is 11.4. The zero-order valence-corrected chi connectivity index (χ0v) is 10.5. The van der Waals surface area contributed by atoms with Crippen LogP contribution in [-0.2, 0) is 0 Å². The molecule has 0 aliphatic heterocycles. The van der Waals surface area contributed by atoms with E-state index in [4.69, 9.17) is 4.52 Å². The molecule has 0 amide bonds. The standard InChI is InChI=1S/C14H17N3O/c1-15-12-9-5-8-11(12)13-16-14(18-17-13)10-6-3-2-4-7-10/h2-4,6-7,11-12,15H,5,8-9H2,1H3. The van der Waals surface area contributed by atoms with E-state index in [1.165, 1.54) is 12.8 Å². The SMILES string of the molecule is CNC1CCCC1c1noc(-c2ccccc2)n1. The second-order valence-corrected chi connectivity index (χ2v) is 4.76. The molecule has 0 bridgehead atoms. The van der Waals surface area contributed by atoms with E-state index in [-0.39, 0.29) is 0 Å². The Hall–Kier alpha value is -1.68. The summed E-state index contributed by atoms with van der Waals surface area (Å²) in [6.45, 7) is 0. The maximum absolute atomic E-state index is 5.37. The van der Waals surface area contributed by atoms with E-state index in [1.54, 1.807) is 0 Å². The van der Waals surface area contributed by atoms with Gasteiger partial charge in [0.05, 0.1) is 0 Å². The van der Waals surface area contributed by atoms with Crippen LogP contribution >= 0.6 is 0 Å². The molecular weight excluding hydrogens is 226 g/mol. The largest absolute Gasteiger partial charge is 0.334 e. The molecule has 0 spiro atoms. The molecule has 2 aromatic rings. The molecular formula is C14H17N3O. The second kappa shape index (κ2) is 4.90. The number of nitrogens with one attached hydrogen (secondary N) is 1. The maximum atomic E-state index is 5.37. The summed E-state index contributed by atoms with van der Waals surface area (Å²) in [6.07, 6.45) is 3.56. The van der Waals surface area contributed by atoms with Gasteiger partial charge in [0.2, 0.25) is 0 Å². The Kier molecular flexibility index (Phi) is 3.11. The fourth-order valence-corrected chi connectivity index (χ4v) is 2.70. The van der Waals surface area contributed by atoms with Crippen LogP contribution in [-0.4, -0.2) is 23.2 Å². The predicted molar refractivity (Wildman–Crippen MR) is 69.2 cm³/mol. The molecule has 1 aliphatic rings. The van der Waals surface area contributed by atoms with Gasteiger partial charge in [-0.05, 0) is 32.0 Å². The van der Waals surface area contributed by atoms with Gasteiger partial charge in [0, 0.05) is 17.5 Å². The summed E-state index contributed by atoms with van der Waals surface area (Å²) in [5, 5.41) is 7.49. The molecule has 1 heterocycles. The van der Waals surface area contributed by atoms with Crippen molar-refractivity contribution < 1.29 is 4.52 Å². The zero-order valence-electron chi connectivity index (χ0n) is 10.5. The van der Waals surface area contributed by atoms with Crippen molar-refractivity contribution in [1.29, 1.82) is 0 Å². The van der Waals surface area contributed by atoms with Gasteiger partial charge in [-0.3, -0.25) is 0 Å². The molecule has 1 fully saturated rings. The number of aromatic nitrogens is 2. The Balaban J connectivity index is 1.86. The summed E-state index contributed by atoms with van der Waals surface area (Å²) in [4.78, 5) is 4.54. The van der Waals surface area contributed by atoms with Crippen molar-refractivity contribution in [2.45, 2.75) is 31.2 Å². The van der Waals surface area contributed by atoms with E-state index in [2.05, 4.69) is 15.5 Å². The third-order valence-corrected chi connectivity index (χ3v) is 3.68. The van der Waals surface area contributed by atoms with Gasteiger partial charge >= 0.3 is 0 Å². The summed E-state index contributed by atoms with van der Waals surface area (Å²) < 4.78 is 5.37. The van der Waals surface area contributed by atoms with Gasteiger partial charge in [0.15, 0.2) is 5.82 Å². The molecule has 0 saturated heterocycles. The Labute approximate surface area is 106 Å². The minimum Gasteiger partial charge on any atom is -0.334 e. The lowest BCUT2D eigenvalue weighted by atomic mass is 10.0. The quantitative estimate of drug-likeness (QED) is 0.900. The maximum Gasteiger partial charge on any atom is 0.257 e. The Bertz CT molecular complexity index is 509. The molecule has 1 aromatic carbocycles. The number of rotatable bonds is 3. The molecule has 4 heteroatoms. The highest BCUT2D eigenvalue weighted by Gasteiger charge is 2.31. The van der Waals surface area contributed by atoms with E-state index in [0.717, 1.165) is 17.8 Å². The van der Waals surface area contributed by atoms with Gasteiger partial charge in [-0.25, -0.2) is 0 Å². The van der Waals surface area contributed by atoms with Crippen LogP contribution in [0.1, 0.15) is 31.0 Å². The number of nitrogens with zero attached hydrogens (tertiary/aromatic N) is 2. The smallest absolute Gasteiger partial charge is 0.257 e. The summed E-state index contributed by atoms with van der Waals surface area (Å²) in [5.41, 5.74) is 0.982. The molecule has 1 N–H and O–H groups in total. The summed E-state index contributed by atoms with van der Waals surface area (Å²) in [7, 11) is 2.00. The minimum atomic E-state index is 0.385. The van der Waals surface area contributed by atoms with Crippen molar-refractivity contribution in [1.82, 2.24) is 15.5 Å². The second-order valence-electron chi connectivity index (χ2n) is 4.76. The predicted octanol–water partition coefficient (Wildman–Crippen LogP) is 2.59. The lowest BCUT2D eigenvalue weighted by Crippen LogP contribution is -2.28. The molecule has 1 aromatic heterocycles. The number of hydrogen-bond donors (Lipinski definition) is 1. The van der Waals surface area contributed by atoms with Crippen molar-refractivity contribution in [3.8, 4) is 11.5 Å². The Morgan fingerprint density at radius 1 is 1.22 bits per heavy atom. The summed E-state index contributed by atoms with van der Waals surface area (Å²) in [6, 6.07) is 10.4. The van der Waals surface area contributed by atoms with E-state index in [9.17, 15) is 0 Å². The fourth-order valence-electron chi connectivity index (χ4n) is 2.70. The van der Waals surface area contributed by atoms with E-state index in [1.807, 2.05) is 37.4 Å². The molecule has 4 nitrogen and oxygen atoms in total. The highest BCUT2D eigenvalue weighted by molar-refractivity contribution is 5.52. The van der Waals surface area contributed by atoms with E-state index >= 15 is 0 Å². The van der Waals surface area contributed by atoms with E-state index in [0.29, 0.717) is 17.9 Å². The first-order valence-corrected chi connectivity index (χ1v) is 6.45. The first-order chi connectivity index (χ1) is 8.88. The molecule has 3 rings (SSSR count). The molecule has 18 heavy (non-hydrogen) atoms. The van der Waals surface area contributed by atoms with Crippen molar-refractivity contribution in [2.75, 3.05) is 7.05 Å². The molecule has 1 aliphatic carbocycles. The lowest BCUT2D eigenvalue weighted by molar-refractivity contribution is 0.406. The molecule has 2 atom stereocenters. The Morgan fingerprint density at radius 3 is 2.83 bits per heavy atom. The van der Waals surface area contributed by atoms with Gasteiger partial charge in [-0.2, -0.15) is 4.98 Å². The van der Waals surface area contributed by atoms with Crippen molar-refractivity contribution >= 4 is 0 Å². The van der Waals surface area contributed by atoms with Crippen molar-refractivity contribution in [2.24, 2.45) is 0 Å². The van der Waals surface area contributed by atoms with Crippen LogP contribution < -0.4 is 5.32 Å². The van der Waals surface area contributed by atoms with Crippen molar-refractivity contribution in [3.63, 3.8) is 0 Å². The van der Waals surface area contributed by atoms with Crippen LogP contribution in [0.5, 0.6) is 0 Å². The van der Waals surface area contributed by atoms with Gasteiger partial charge in [0.25, 0.3) is 5.89 Å². The van der Waals surface area contributed by atoms with Gasteiger partial charge < -0.3 is 9.84 Å². The van der Waals surface area contributed by atoms with Gasteiger partial charge in [0.1, 0.15) is 0 Å². The minimum absolute atomic E-state index is 0.385. The lowest BCUT2D eigenvalue weighted by Gasteiger charge is -2.14. The molecule has 0 radical (unpaired) electrons. The monoisotopic (exact) mass is 243 g/mol. The molecule has 94 valence electrons. The highest BCUT2D eigenvalue weighted by atomic mass is 16.5. The summed E-state index contributed by atoms with van der Waals surface area (Å²) in [5.74, 6) is 1.84. The topological polar surface area (TPSA) is 51.0 Å². The summed E-state index contributed by atoms with van der Waals surface area (Å²) >= 11 is 0. The normalized spacial score (nSPS) is 23.4. The number of benzene rings is 1. The van der Waals surface area contributed by atoms with Gasteiger partial charge in [-0.1, -0.05) is 29.8 Å². The first-order valence-electron chi connectivity index (χ1n) is 6.45. The molecule has 2 unspecified atom stereocenters. The van der Waals surface area contributed by atoms with Gasteiger partial charge in [-0.15, -0.1) is 0 Å². The molecule has 1 saturated carbocycles. The number of hydrogen-bond acceptors (Lipinski definition) is 4. The van der Waals surface area contributed by atoms with Crippen LogP contribution in [0.3, 0.4) is 0 Å². The average molecular weight is 243 g/mol. The Morgan fingerprint density at radius 2 is 2.06 bits per heavy atom. The van der Waals surface area contributed by atoms with Crippen LogP contribution in [0.25, 0.3) is 11.5 Å². The van der Waals surface area contributed by atoms with Crippen LogP contribution in [0, 0.1) is 0 Å². The van der Waals surface area contributed by atoms with Crippen LogP contribution in [0.4, 0.5) is 0 Å². The third-order valence-electron chi connectivity index (χ3n) is 3.68. The van der Waals surface area contributed by atoms with Crippen LogP contribution in [0.15, 0.2) is 34.9 Å². The fraction of sp³-hybridized carbons (Fsp3) is 0.429. The highest BCUT2D eigenvalue weighted by Crippen LogP contribution is 2.33. The van der Waals surface area contributed by atoms with E-state index < -0.39 is 0 Å². The third kappa shape index (κ3) is 2.04. The average Bonchev–Trinajstić information content (AvgIpc) is 3.08. The van der Waals surface area contributed by atoms with Crippen molar-refractivity contribution in [3.05, 3.63) is 36.2 Å². The van der Waals surface area contributed by atoms with Crippen LogP contribution in [0.2, 0.25) is 0 Å². The number of likely N-dealkylation sites (N-methyl/N-ethyl adjacent to an activating group) is 1. The zero-order chi connectivity index (χ0) is 12.4.